The van der Waals surface area contributed by atoms with Gasteiger partial charge in [-0.2, -0.15) is 0 Å². The van der Waals surface area contributed by atoms with Crippen molar-refractivity contribution < 1.29 is 4.74 Å². The number of morpholine rings is 1. The maximum Gasteiger partial charge on any atom is 0.0594 e. The highest BCUT2D eigenvalue weighted by atomic mass is 16.5. The highest BCUT2D eigenvalue weighted by molar-refractivity contribution is 5.05. The lowest BCUT2D eigenvalue weighted by molar-refractivity contribution is -0.0683. The predicted molar refractivity (Wildman–Crippen MR) is 52.6 cm³/mol. The minimum Gasteiger partial charge on any atom is -0.379 e. The molecule has 3 heteroatoms. The fraction of sp³-hybridized carbons (Fsp3) is 1.00. The Morgan fingerprint density at radius 3 is 2.38 bits per heavy atom. The first-order chi connectivity index (χ1) is 6.12. The van der Waals surface area contributed by atoms with E-state index in [9.17, 15) is 0 Å². The monoisotopic (exact) mass is 184 g/mol. The van der Waals surface area contributed by atoms with Crippen LogP contribution < -0.4 is 5.73 Å². The molecule has 0 unspecified atom stereocenters. The number of nitrogens with zero attached hydrogens (tertiary/aromatic N) is 1. The second-order valence-electron chi connectivity index (χ2n) is 4.83. The van der Waals surface area contributed by atoms with Gasteiger partial charge in [0.1, 0.15) is 0 Å². The quantitative estimate of drug-likeness (QED) is 0.643. The van der Waals surface area contributed by atoms with E-state index in [1.807, 2.05) is 0 Å². The predicted octanol–water partition coefficient (Wildman–Crippen LogP) is 0.444. The van der Waals surface area contributed by atoms with Crippen molar-refractivity contribution >= 4 is 0 Å². The van der Waals surface area contributed by atoms with E-state index in [2.05, 4.69) is 18.7 Å². The molecule has 0 aromatic carbocycles. The van der Waals surface area contributed by atoms with Crippen LogP contribution in [-0.2, 0) is 4.74 Å². The first-order valence-corrected chi connectivity index (χ1v) is 5.20. The highest BCUT2D eigenvalue weighted by Crippen LogP contribution is 2.42. The second kappa shape index (κ2) is 3.23. The van der Waals surface area contributed by atoms with Crippen LogP contribution in [-0.4, -0.2) is 43.3 Å². The van der Waals surface area contributed by atoms with Crippen LogP contribution in [0.25, 0.3) is 0 Å². The number of rotatable bonds is 1. The molecule has 1 aliphatic carbocycles. The molecule has 1 aliphatic heterocycles. The molecule has 0 spiro atoms. The normalized spacial score (nSPS) is 39.9. The van der Waals surface area contributed by atoms with E-state index in [-0.39, 0.29) is 0 Å². The molecule has 76 valence electrons. The molecule has 3 nitrogen and oxygen atoms in total. The third kappa shape index (κ3) is 1.49. The Morgan fingerprint density at radius 1 is 1.31 bits per heavy atom. The van der Waals surface area contributed by atoms with Gasteiger partial charge in [0, 0.05) is 25.2 Å². The van der Waals surface area contributed by atoms with Gasteiger partial charge in [-0.1, -0.05) is 13.8 Å². The third-order valence-corrected chi connectivity index (χ3v) is 3.78. The summed E-state index contributed by atoms with van der Waals surface area (Å²) in [7, 11) is 0. The van der Waals surface area contributed by atoms with Gasteiger partial charge in [0.15, 0.2) is 0 Å². The van der Waals surface area contributed by atoms with E-state index in [0.717, 1.165) is 32.7 Å². The Morgan fingerprint density at radius 2 is 1.92 bits per heavy atom. The van der Waals surface area contributed by atoms with E-state index in [1.54, 1.807) is 0 Å². The van der Waals surface area contributed by atoms with Gasteiger partial charge in [0.05, 0.1) is 13.2 Å². The molecule has 2 fully saturated rings. The molecule has 0 aromatic heterocycles. The summed E-state index contributed by atoms with van der Waals surface area (Å²) >= 11 is 0. The van der Waals surface area contributed by atoms with E-state index < -0.39 is 0 Å². The first-order valence-electron chi connectivity index (χ1n) is 5.20. The molecule has 1 saturated heterocycles. The average molecular weight is 184 g/mol. The van der Waals surface area contributed by atoms with E-state index >= 15 is 0 Å². The Bertz CT molecular complexity index is 187. The number of ether oxygens (including phenoxy) is 1. The Labute approximate surface area is 80.2 Å². The van der Waals surface area contributed by atoms with Gasteiger partial charge in [0.2, 0.25) is 0 Å². The van der Waals surface area contributed by atoms with Crippen LogP contribution in [0.5, 0.6) is 0 Å². The smallest absolute Gasteiger partial charge is 0.0594 e. The standard InChI is InChI=1S/C10H20N2O/c1-10(2)8(11)7-9(10)12-3-5-13-6-4-12/h8-9H,3-7,11H2,1-2H3/t8-,9-/m1/s1. The van der Waals surface area contributed by atoms with Gasteiger partial charge in [-0.05, 0) is 11.8 Å². The van der Waals surface area contributed by atoms with Crippen molar-refractivity contribution in [2.75, 3.05) is 26.3 Å². The summed E-state index contributed by atoms with van der Waals surface area (Å²) < 4.78 is 5.34. The molecule has 13 heavy (non-hydrogen) atoms. The van der Waals surface area contributed by atoms with Crippen molar-refractivity contribution in [2.24, 2.45) is 11.1 Å². The first kappa shape index (κ1) is 9.44. The number of hydrogen-bond acceptors (Lipinski definition) is 3. The van der Waals surface area contributed by atoms with Crippen molar-refractivity contribution in [1.82, 2.24) is 4.90 Å². The number of nitrogens with two attached hydrogens (primary N) is 1. The maximum absolute atomic E-state index is 6.00. The summed E-state index contributed by atoms with van der Waals surface area (Å²) in [4.78, 5) is 2.53. The van der Waals surface area contributed by atoms with Crippen molar-refractivity contribution in [2.45, 2.75) is 32.4 Å². The minimum atomic E-state index is 0.303. The zero-order chi connectivity index (χ0) is 9.47. The van der Waals surface area contributed by atoms with Crippen molar-refractivity contribution in [3.05, 3.63) is 0 Å². The summed E-state index contributed by atoms with van der Waals surface area (Å²) in [5, 5.41) is 0. The molecule has 0 bridgehead atoms. The van der Waals surface area contributed by atoms with Gasteiger partial charge in [-0.3, -0.25) is 4.90 Å². The minimum absolute atomic E-state index is 0.303. The van der Waals surface area contributed by atoms with Crippen LogP contribution in [0.2, 0.25) is 0 Å². The molecule has 0 radical (unpaired) electrons. The summed E-state index contributed by atoms with van der Waals surface area (Å²) in [5.41, 5.74) is 6.30. The van der Waals surface area contributed by atoms with Crippen molar-refractivity contribution in [3.63, 3.8) is 0 Å². The fourth-order valence-corrected chi connectivity index (χ4v) is 2.44. The van der Waals surface area contributed by atoms with Crippen molar-refractivity contribution in [3.8, 4) is 0 Å². The molecule has 2 aliphatic rings. The third-order valence-electron chi connectivity index (χ3n) is 3.78. The van der Waals surface area contributed by atoms with Gasteiger partial charge in [0.25, 0.3) is 0 Å². The van der Waals surface area contributed by atoms with Gasteiger partial charge >= 0.3 is 0 Å². The van der Waals surface area contributed by atoms with E-state index in [0.29, 0.717) is 17.5 Å². The molecular weight excluding hydrogens is 164 g/mol. The fourth-order valence-electron chi connectivity index (χ4n) is 2.44. The molecule has 1 saturated carbocycles. The lowest BCUT2D eigenvalue weighted by atomic mass is 9.62. The summed E-state index contributed by atoms with van der Waals surface area (Å²) in [6, 6.07) is 1.08. The van der Waals surface area contributed by atoms with Crippen LogP contribution in [0.4, 0.5) is 0 Å². The van der Waals surface area contributed by atoms with Crippen LogP contribution in [0, 0.1) is 5.41 Å². The van der Waals surface area contributed by atoms with Crippen LogP contribution in [0.1, 0.15) is 20.3 Å². The van der Waals surface area contributed by atoms with Gasteiger partial charge in [-0.25, -0.2) is 0 Å². The average Bonchev–Trinajstić information content (AvgIpc) is 2.15. The largest absolute Gasteiger partial charge is 0.379 e. The topological polar surface area (TPSA) is 38.5 Å². The van der Waals surface area contributed by atoms with Crippen molar-refractivity contribution in [1.29, 1.82) is 0 Å². The van der Waals surface area contributed by atoms with Crippen LogP contribution in [0.15, 0.2) is 0 Å². The lowest BCUT2D eigenvalue weighted by Crippen LogP contribution is -2.65. The zero-order valence-electron chi connectivity index (χ0n) is 8.62. The molecular formula is C10H20N2O. The Balaban J connectivity index is 1.94. The molecule has 2 atom stereocenters. The van der Waals surface area contributed by atoms with Gasteiger partial charge in [-0.15, -0.1) is 0 Å². The zero-order valence-corrected chi connectivity index (χ0v) is 8.62. The van der Waals surface area contributed by atoms with Crippen LogP contribution in [0.3, 0.4) is 0 Å². The molecule has 0 aromatic rings. The Hall–Kier alpha value is -0.120. The summed E-state index contributed by atoms with van der Waals surface area (Å²) in [6.45, 7) is 8.51. The van der Waals surface area contributed by atoms with E-state index in [1.165, 1.54) is 0 Å². The lowest BCUT2D eigenvalue weighted by Gasteiger charge is -2.55. The molecule has 1 heterocycles. The SMILES string of the molecule is CC1(C)[C@H](N)C[C@H]1N1CCOCC1. The molecule has 0 amide bonds. The highest BCUT2D eigenvalue weighted by Gasteiger charge is 2.48. The van der Waals surface area contributed by atoms with Crippen LogP contribution >= 0.6 is 0 Å². The van der Waals surface area contributed by atoms with Gasteiger partial charge < -0.3 is 10.5 Å². The Kier molecular flexibility index (Phi) is 2.34. The molecule has 2 N–H and O–H groups in total. The summed E-state index contributed by atoms with van der Waals surface area (Å²) in [5.74, 6) is 0. The maximum atomic E-state index is 6.00. The summed E-state index contributed by atoms with van der Waals surface area (Å²) in [6.07, 6.45) is 1.16. The van der Waals surface area contributed by atoms with E-state index in [4.69, 9.17) is 10.5 Å². The number of hydrogen-bond donors (Lipinski definition) is 1. The second-order valence-corrected chi connectivity index (χ2v) is 4.83. The molecule has 2 rings (SSSR count).